The monoisotopic (exact) mass is 283 g/mol. The average Bonchev–Trinajstić information content (AvgIpc) is 2.37. The molecule has 116 valence electrons. The molecule has 0 spiro atoms. The first kappa shape index (κ1) is 17.0. The summed E-state index contributed by atoms with van der Waals surface area (Å²) in [5.41, 5.74) is 0. The van der Waals surface area contributed by atoms with Gasteiger partial charge in [0.1, 0.15) is 0 Å². The average molecular weight is 283 g/mol. The predicted octanol–water partition coefficient (Wildman–Crippen LogP) is 1.24. The van der Waals surface area contributed by atoms with Gasteiger partial charge >= 0.3 is 0 Å². The van der Waals surface area contributed by atoms with Crippen molar-refractivity contribution in [3.63, 3.8) is 0 Å². The number of carbonyl (C=O) groups is 2. The molecule has 5 nitrogen and oxygen atoms in total. The summed E-state index contributed by atoms with van der Waals surface area (Å²) in [7, 11) is 0. The van der Waals surface area contributed by atoms with Crippen LogP contribution in [0.25, 0.3) is 0 Å². The smallest absolute Gasteiger partial charge is 0.236 e. The summed E-state index contributed by atoms with van der Waals surface area (Å²) in [5.74, 6) is 0.160. The second kappa shape index (κ2) is 9.75. The molecule has 0 bridgehead atoms. The first-order chi connectivity index (χ1) is 9.67. The van der Waals surface area contributed by atoms with Crippen molar-refractivity contribution in [1.29, 1.82) is 0 Å². The quantitative estimate of drug-likeness (QED) is 0.798. The van der Waals surface area contributed by atoms with E-state index in [1.165, 1.54) is 19.3 Å². The summed E-state index contributed by atoms with van der Waals surface area (Å²) < 4.78 is 0. The van der Waals surface area contributed by atoms with Crippen molar-refractivity contribution in [2.24, 2.45) is 0 Å². The first-order valence-corrected chi connectivity index (χ1v) is 7.94. The van der Waals surface area contributed by atoms with Gasteiger partial charge in [0.05, 0.1) is 13.1 Å². The summed E-state index contributed by atoms with van der Waals surface area (Å²) in [6.07, 6.45) is 5.95. The second-order valence-corrected chi connectivity index (χ2v) is 5.41. The number of likely N-dealkylation sites (N-methyl/N-ethyl adjacent to an activating group) is 2. The third-order valence-electron chi connectivity index (χ3n) is 3.76. The van der Waals surface area contributed by atoms with Gasteiger partial charge in [-0.3, -0.25) is 14.5 Å². The van der Waals surface area contributed by atoms with Gasteiger partial charge in [-0.1, -0.05) is 26.2 Å². The van der Waals surface area contributed by atoms with Gasteiger partial charge in [-0.15, -0.1) is 0 Å². The fraction of sp³-hybridized carbons (Fsp3) is 0.867. The lowest BCUT2D eigenvalue weighted by Gasteiger charge is -2.28. The molecule has 0 aliphatic carbocycles. The lowest BCUT2D eigenvalue weighted by atomic mass is 10.1. The number of amides is 2. The van der Waals surface area contributed by atoms with Gasteiger partial charge < -0.3 is 10.2 Å². The first-order valence-electron chi connectivity index (χ1n) is 7.94. The minimum absolute atomic E-state index is 0.00480. The molecule has 0 radical (unpaired) electrons. The predicted molar refractivity (Wildman–Crippen MR) is 80.5 cm³/mol. The summed E-state index contributed by atoms with van der Waals surface area (Å²) in [5, 5.41) is 2.78. The third-order valence-corrected chi connectivity index (χ3v) is 3.76. The molecular weight excluding hydrogens is 254 g/mol. The van der Waals surface area contributed by atoms with Crippen LogP contribution in [-0.4, -0.2) is 60.9 Å². The highest BCUT2D eigenvalue weighted by Crippen LogP contribution is 2.10. The molecule has 0 aromatic rings. The van der Waals surface area contributed by atoms with Crippen molar-refractivity contribution in [3.8, 4) is 0 Å². The molecule has 0 saturated carbocycles. The summed E-state index contributed by atoms with van der Waals surface area (Å²) in [4.78, 5) is 27.8. The Morgan fingerprint density at radius 3 is 2.15 bits per heavy atom. The Kier molecular flexibility index (Phi) is 8.26. The molecular formula is C15H29N3O2. The van der Waals surface area contributed by atoms with E-state index in [1.54, 1.807) is 0 Å². The van der Waals surface area contributed by atoms with Gasteiger partial charge in [-0.2, -0.15) is 0 Å². The van der Waals surface area contributed by atoms with Crippen molar-refractivity contribution in [1.82, 2.24) is 15.1 Å². The van der Waals surface area contributed by atoms with Crippen molar-refractivity contribution in [2.75, 3.05) is 39.3 Å². The van der Waals surface area contributed by atoms with Gasteiger partial charge in [-0.05, 0) is 26.3 Å². The Morgan fingerprint density at radius 1 is 1.00 bits per heavy atom. The molecule has 2 amide bonds. The van der Waals surface area contributed by atoms with Gasteiger partial charge in [0, 0.05) is 19.6 Å². The van der Waals surface area contributed by atoms with E-state index in [0.29, 0.717) is 19.6 Å². The summed E-state index contributed by atoms with van der Waals surface area (Å²) in [6, 6.07) is 0. The van der Waals surface area contributed by atoms with Crippen LogP contribution in [0.15, 0.2) is 0 Å². The molecule has 1 aliphatic rings. The molecule has 0 atom stereocenters. The minimum atomic E-state index is -0.00480. The Bertz CT molecular complexity index is 299. The number of hydrogen-bond acceptors (Lipinski definition) is 3. The molecule has 0 aromatic heterocycles. The van der Waals surface area contributed by atoms with Gasteiger partial charge in [0.15, 0.2) is 0 Å². The Labute approximate surface area is 122 Å². The molecule has 20 heavy (non-hydrogen) atoms. The maximum atomic E-state index is 12.3. The number of carbonyl (C=O) groups excluding carboxylic acids is 2. The van der Waals surface area contributed by atoms with Crippen molar-refractivity contribution in [2.45, 2.75) is 46.0 Å². The van der Waals surface area contributed by atoms with Crippen LogP contribution in [-0.2, 0) is 9.59 Å². The lowest BCUT2D eigenvalue weighted by molar-refractivity contribution is -0.133. The summed E-state index contributed by atoms with van der Waals surface area (Å²) >= 11 is 0. The number of rotatable bonds is 6. The highest BCUT2D eigenvalue weighted by molar-refractivity contribution is 5.81. The highest BCUT2D eigenvalue weighted by Gasteiger charge is 2.18. The molecule has 1 aliphatic heterocycles. The highest BCUT2D eigenvalue weighted by atomic mass is 16.2. The van der Waals surface area contributed by atoms with Gasteiger partial charge in [-0.25, -0.2) is 0 Å². The number of hydrogen-bond donors (Lipinski definition) is 1. The molecule has 1 heterocycles. The lowest BCUT2D eigenvalue weighted by Crippen LogP contribution is -2.45. The van der Waals surface area contributed by atoms with Crippen LogP contribution < -0.4 is 5.32 Å². The fourth-order valence-electron chi connectivity index (χ4n) is 2.52. The van der Waals surface area contributed by atoms with Crippen LogP contribution in [0.2, 0.25) is 0 Å². The largest absolute Gasteiger partial charge is 0.355 e. The SMILES string of the molecule is CCNC(=O)CN(CC)CC(=O)N1CCCCCCC1. The Balaban J connectivity index is 2.41. The fourth-order valence-corrected chi connectivity index (χ4v) is 2.52. The van der Waals surface area contributed by atoms with E-state index >= 15 is 0 Å². The van der Waals surface area contributed by atoms with Crippen LogP contribution >= 0.6 is 0 Å². The van der Waals surface area contributed by atoms with Crippen LogP contribution in [0.3, 0.4) is 0 Å². The van der Waals surface area contributed by atoms with E-state index in [1.807, 2.05) is 23.6 Å². The Hall–Kier alpha value is -1.10. The minimum Gasteiger partial charge on any atom is -0.355 e. The van der Waals surface area contributed by atoms with Crippen molar-refractivity contribution >= 4 is 11.8 Å². The second-order valence-electron chi connectivity index (χ2n) is 5.41. The maximum absolute atomic E-state index is 12.3. The maximum Gasteiger partial charge on any atom is 0.236 e. The molecule has 1 rings (SSSR count). The number of nitrogens with one attached hydrogen (secondary N) is 1. The number of nitrogens with zero attached hydrogens (tertiary/aromatic N) is 2. The Morgan fingerprint density at radius 2 is 1.60 bits per heavy atom. The van der Waals surface area contributed by atoms with Crippen LogP contribution in [0.4, 0.5) is 0 Å². The van der Waals surface area contributed by atoms with Crippen LogP contribution in [0, 0.1) is 0 Å². The normalized spacial score (nSPS) is 16.6. The van der Waals surface area contributed by atoms with E-state index in [9.17, 15) is 9.59 Å². The topological polar surface area (TPSA) is 52.7 Å². The molecule has 1 fully saturated rings. The van der Waals surface area contributed by atoms with Gasteiger partial charge in [0.2, 0.25) is 11.8 Å². The zero-order valence-corrected chi connectivity index (χ0v) is 13.0. The van der Waals surface area contributed by atoms with E-state index in [4.69, 9.17) is 0 Å². The van der Waals surface area contributed by atoms with E-state index in [2.05, 4.69) is 5.32 Å². The van der Waals surface area contributed by atoms with E-state index in [-0.39, 0.29) is 11.8 Å². The van der Waals surface area contributed by atoms with Crippen LogP contribution in [0.1, 0.15) is 46.0 Å². The van der Waals surface area contributed by atoms with Crippen molar-refractivity contribution < 1.29 is 9.59 Å². The molecule has 1 N–H and O–H groups in total. The molecule has 0 aromatic carbocycles. The van der Waals surface area contributed by atoms with E-state index in [0.717, 1.165) is 32.5 Å². The van der Waals surface area contributed by atoms with Crippen LogP contribution in [0.5, 0.6) is 0 Å². The summed E-state index contributed by atoms with van der Waals surface area (Å²) in [6.45, 7) is 7.65. The molecule has 5 heteroatoms. The van der Waals surface area contributed by atoms with E-state index < -0.39 is 0 Å². The standard InChI is InChI=1S/C15H29N3O2/c1-3-16-14(19)12-17(4-2)13-15(20)18-10-8-6-5-7-9-11-18/h3-13H2,1-2H3,(H,16,19). The zero-order valence-electron chi connectivity index (χ0n) is 13.0. The molecule has 0 unspecified atom stereocenters. The molecule has 1 saturated heterocycles. The van der Waals surface area contributed by atoms with Gasteiger partial charge in [0.25, 0.3) is 0 Å². The number of likely N-dealkylation sites (tertiary alicyclic amines) is 1. The van der Waals surface area contributed by atoms with Crippen molar-refractivity contribution in [3.05, 3.63) is 0 Å². The zero-order chi connectivity index (χ0) is 14.8. The third kappa shape index (κ3) is 6.37.